The molecule has 0 unspecified atom stereocenters. The number of carbonyl (C=O) groups excluding carboxylic acids is 4. The third-order valence-corrected chi connectivity index (χ3v) is 4.01. The van der Waals surface area contributed by atoms with Crippen LogP contribution >= 0.6 is 0 Å². The van der Waals surface area contributed by atoms with Crippen LogP contribution in [0.25, 0.3) is 0 Å². The molecule has 0 aromatic rings. The monoisotopic (exact) mass is 372 g/mol. The van der Waals surface area contributed by atoms with Gasteiger partial charge in [0.25, 0.3) is 0 Å². The molecular formula is C16H24N2O8. The van der Waals surface area contributed by atoms with E-state index in [0.29, 0.717) is 13.1 Å². The molecule has 2 amide bonds. The van der Waals surface area contributed by atoms with Gasteiger partial charge in [0, 0.05) is 33.9 Å². The lowest BCUT2D eigenvalue weighted by Gasteiger charge is -2.40. The number of hydrogen-bond acceptors (Lipinski definition) is 8. The lowest BCUT2D eigenvalue weighted by molar-refractivity contribution is -0.228. The molecule has 0 aliphatic carbocycles. The van der Waals surface area contributed by atoms with Gasteiger partial charge in [-0.15, -0.1) is 0 Å². The first-order valence-corrected chi connectivity index (χ1v) is 8.46. The van der Waals surface area contributed by atoms with E-state index in [1.165, 1.54) is 20.8 Å². The molecule has 146 valence electrons. The first-order chi connectivity index (χ1) is 12.3. The van der Waals surface area contributed by atoms with Gasteiger partial charge in [0.05, 0.1) is 6.61 Å². The SMILES string of the molecule is CC(=O)O[C@@H]1[C@@H](OC(C)=O)[C@@H](NC(=O)N2CCCC2)OC[C@H]1OC(C)=O. The Hall–Kier alpha value is -2.36. The van der Waals surface area contributed by atoms with Crippen molar-refractivity contribution in [3.63, 3.8) is 0 Å². The quantitative estimate of drug-likeness (QED) is 0.538. The third-order valence-electron chi connectivity index (χ3n) is 4.01. The van der Waals surface area contributed by atoms with Crippen LogP contribution in [0, 0.1) is 0 Å². The summed E-state index contributed by atoms with van der Waals surface area (Å²) in [5.74, 6) is -1.90. The predicted molar refractivity (Wildman–Crippen MR) is 85.7 cm³/mol. The van der Waals surface area contributed by atoms with E-state index in [-0.39, 0.29) is 12.6 Å². The molecule has 0 aromatic heterocycles. The molecule has 10 heteroatoms. The van der Waals surface area contributed by atoms with Crippen molar-refractivity contribution in [3.05, 3.63) is 0 Å². The zero-order valence-electron chi connectivity index (χ0n) is 15.1. The molecule has 0 aromatic carbocycles. The first kappa shape index (κ1) is 20.0. The molecule has 4 atom stereocenters. The lowest BCUT2D eigenvalue weighted by Crippen LogP contribution is -2.63. The number of hydrogen-bond donors (Lipinski definition) is 1. The molecule has 0 radical (unpaired) electrons. The number of amides is 2. The number of esters is 3. The van der Waals surface area contributed by atoms with Crippen molar-refractivity contribution in [1.82, 2.24) is 10.2 Å². The molecule has 2 saturated heterocycles. The number of urea groups is 1. The fourth-order valence-corrected chi connectivity index (χ4v) is 3.00. The van der Waals surface area contributed by atoms with Gasteiger partial charge < -0.3 is 29.2 Å². The number of likely N-dealkylation sites (tertiary alicyclic amines) is 1. The average molecular weight is 372 g/mol. The van der Waals surface area contributed by atoms with Gasteiger partial charge in [-0.2, -0.15) is 0 Å². The maximum atomic E-state index is 12.3. The van der Waals surface area contributed by atoms with E-state index in [0.717, 1.165) is 12.8 Å². The minimum Gasteiger partial charge on any atom is -0.456 e. The summed E-state index contributed by atoms with van der Waals surface area (Å²) in [6, 6.07) is -0.364. The Labute approximate surface area is 151 Å². The highest BCUT2D eigenvalue weighted by Gasteiger charge is 2.47. The van der Waals surface area contributed by atoms with Crippen molar-refractivity contribution in [2.45, 2.75) is 58.2 Å². The maximum Gasteiger partial charge on any atom is 0.319 e. The minimum absolute atomic E-state index is 0.125. The van der Waals surface area contributed by atoms with Gasteiger partial charge in [0.15, 0.2) is 24.5 Å². The number of nitrogens with one attached hydrogen (secondary N) is 1. The summed E-state index contributed by atoms with van der Waals surface area (Å²) in [6.07, 6.45) is -2.42. The molecule has 2 aliphatic rings. The van der Waals surface area contributed by atoms with E-state index >= 15 is 0 Å². The van der Waals surface area contributed by atoms with Gasteiger partial charge in [0.1, 0.15) is 0 Å². The van der Waals surface area contributed by atoms with E-state index < -0.39 is 42.4 Å². The summed E-state index contributed by atoms with van der Waals surface area (Å²) in [7, 11) is 0. The molecule has 0 bridgehead atoms. The van der Waals surface area contributed by atoms with E-state index in [4.69, 9.17) is 18.9 Å². The number of ether oxygens (including phenoxy) is 4. The Balaban J connectivity index is 2.17. The summed E-state index contributed by atoms with van der Waals surface area (Å²) in [5, 5.41) is 2.65. The van der Waals surface area contributed by atoms with E-state index in [9.17, 15) is 19.2 Å². The Morgan fingerprint density at radius 2 is 1.42 bits per heavy atom. The van der Waals surface area contributed by atoms with Crippen molar-refractivity contribution in [1.29, 1.82) is 0 Å². The molecule has 2 heterocycles. The molecule has 2 fully saturated rings. The Morgan fingerprint density at radius 1 is 0.885 bits per heavy atom. The zero-order valence-corrected chi connectivity index (χ0v) is 15.1. The van der Waals surface area contributed by atoms with E-state index in [2.05, 4.69) is 5.32 Å². The normalized spacial score (nSPS) is 28.2. The lowest BCUT2D eigenvalue weighted by atomic mass is 10.0. The van der Waals surface area contributed by atoms with Gasteiger partial charge in [-0.05, 0) is 12.8 Å². The largest absolute Gasteiger partial charge is 0.456 e. The fraction of sp³-hybridized carbons (Fsp3) is 0.750. The van der Waals surface area contributed by atoms with Crippen molar-refractivity contribution < 1.29 is 38.1 Å². The summed E-state index contributed by atoms with van der Waals surface area (Å²) in [5.41, 5.74) is 0. The number of nitrogens with zero attached hydrogens (tertiary/aromatic N) is 1. The van der Waals surface area contributed by atoms with E-state index in [1.54, 1.807) is 4.90 Å². The number of rotatable bonds is 4. The molecule has 10 nitrogen and oxygen atoms in total. The smallest absolute Gasteiger partial charge is 0.319 e. The Bertz CT molecular complexity index is 560. The van der Waals surface area contributed by atoms with Crippen LogP contribution in [-0.4, -0.2) is 73.1 Å². The van der Waals surface area contributed by atoms with Gasteiger partial charge in [-0.1, -0.05) is 0 Å². The van der Waals surface area contributed by atoms with E-state index in [1.807, 2.05) is 0 Å². The summed E-state index contributed by atoms with van der Waals surface area (Å²) >= 11 is 0. The molecule has 0 saturated carbocycles. The van der Waals surface area contributed by atoms with Crippen LogP contribution in [0.1, 0.15) is 33.6 Å². The minimum atomic E-state index is -1.15. The zero-order chi connectivity index (χ0) is 19.3. The van der Waals surface area contributed by atoms with Crippen LogP contribution in [0.3, 0.4) is 0 Å². The van der Waals surface area contributed by atoms with Crippen LogP contribution in [-0.2, 0) is 33.3 Å². The average Bonchev–Trinajstić information content (AvgIpc) is 3.06. The second-order valence-electron chi connectivity index (χ2n) is 6.19. The van der Waals surface area contributed by atoms with Gasteiger partial charge in [-0.25, -0.2) is 4.79 Å². The third kappa shape index (κ3) is 5.32. The summed E-state index contributed by atoms with van der Waals surface area (Å²) < 4.78 is 21.1. The van der Waals surface area contributed by atoms with Gasteiger partial charge in [0.2, 0.25) is 0 Å². The predicted octanol–water partition coefficient (Wildman–Crippen LogP) is -0.0568. The van der Waals surface area contributed by atoms with Crippen LogP contribution < -0.4 is 5.32 Å². The van der Waals surface area contributed by atoms with Crippen LogP contribution in [0.15, 0.2) is 0 Å². The van der Waals surface area contributed by atoms with Crippen molar-refractivity contribution in [2.24, 2.45) is 0 Å². The molecular weight excluding hydrogens is 348 g/mol. The van der Waals surface area contributed by atoms with Crippen molar-refractivity contribution >= 4 is 23.9 Å². The van der Waals surface area contributed by atoms with Crippen LogP contribution in [0.2, 0.25) is 0 Å². The van der Waals surface area contributed by atoms with Crippen LogP contribution in [0.4, 0.5) is 4.79 Å². The molecule has 0 spiro atoms. The van der Waals surface area contributed by atoms with Gasteiger partial charge >= 0.3 is 23.9 Å². The Kier molecular flexibility index (Phi) is 6.78. The van der Waals surface area contributed by atoms with Crippen LogP contribution in [0.5, 0.6) is 0 Å². The number of carbonyl (C=O) groups is 4. The summed E-state index contributed by atoms with van der Waals surface area (Å²) in [4.78, 5) is 48.2. The molecule has 2 rings (SSSR count). The highest BCUT2D eigenvalue weighted by Crippen LogP contribution is 2.24. The molecule has 26 heavy (non-hydrogen) atoms. The second-order valence-corrected chi connectivity index (χ2v) is 6.19. The molecule has 2 aliphatic heterocycles. The fourth-order valence-electron chi connectivity index (χ4n) is 3.00. The summed E-state index contributed by atoms with van der Waals surface area (Å²) in [6.45, 7) is 4.69. The maximum absolute atomic E-state index is 12.3. The van der Waals surface area contributed by atoms with Gasteiger partial charge in [-0.3, -0.25) is 14.4 Å². The van der Waals surface area contributed by atoms with Crippen molar-refractivity contribution in [2.75, 3.05) is 19.7 Å². The second kappa shape index (κ2) is 8.84. The van der Waals surface area contributed by atoms with Crippen molar-refractivity contribution in [3.8, 4) is 0 Å². The standard InChI is InChI=1S/C16H24N2O8/c1-9(19)24-12-8-23-15(17-16(22)18-6-4-5-7-18)14(26-11(3)21)13(12)25-10(2)20/h12-15H,4-8H2,1-3H3,(H,17,22)/t12-,13+,14-,15+/m1/s1. The first-order valence-electron chi connectivity index (χ1n) is 8.46. The molecule has 1 N–H and O–H groups in total. The topological polar surface area (TPSA) is 120 Å². The highest BCUT2D eigenvalue weighted by atomic mass is 16.6. The Morgan fingerprint density at radius 3 is 1.96 bits per heavy atom. The highest BCUT2D eigenvalue weighted by molar-refractivity contribution is 5.75.